The molecule has 1 heterocycles. The molecule has 1 saturated heterocycles. The standard InChI is InChI=1S/C11H20O3/c12-8-10(4-2-1-3-5-10)11(13)6-7-14-9-11/h12-13H,1-9H2. The van der Waals surface area contributed by atoms with Crippen molar-refractivity contribution in [1.82, 2.24) is 0 Å². The maximum atomic E-state index is 10.5. The lowest BCUT2D eigenvalue weighted by Gasteiger charge is -2.46. The zero-order valence-electron chi connectivity index (χ0n) is 8.67. The van der Waals surface area contributed by atoms with Gasteiger partial charge < -0.3 is 14.9 Å². The van der Waals surface area contributed by atoms with Crippen LogP contribution >= 0.6 is 0 Å². The van der Waals surface area contributed by atoms with Gasteiger partial charge in [0.1, 0.15) is 0 Å². The molecule has 1 aliphatic carbocycles. The van der Waals surface area contributed by atoms with Crippen LogP contribution in [0.5, 0.6) is 0 Å². The van der Waals surface area contributed by atoms with E-state index in [0.717, 1.165) is 25.7 Å². The van der Waals surface area contributed by atoms with Crippen LogP contribution in [0.25, 0.3) is 0 Å². The fraction of sp³-hybridized carbons (Fsp3) is 1.00. The molecule has 0 aromatic carbocycles. The van der Waals surface area contributed by atoms with Crippen LogP contribution in [0.2, 0.25) is 0 Å². The predicted molar refractivity (Wildman–Crippen MR) is 53.0 cm³/mol. The van der Waals surface area contributed by atoms with Gasteiger partial charge in [-0.05, 0) is 12.8 Å². The van der Waals surface area contributed by atoms with Gasteiger partial charge in [0.25, 0.3) is 0 Å². The number of aliphatic hydroxyl groups excluding tert-OH is 1. The molecule has 1 atom stereocenters. The van der Waals surface area contributed by atoms with Gasteiger partial charge in [-0.25, -0.2) is 0 Å². The van der Waals surface area contributed by atoms with Crippen LogP contribution < -0.4 is 0 Å². The summed E-state index contributed by atoms with van der Waals surface area (Å²) in [6, 6.07) is 0. The molecule has 0 aromatic rings. The molecule has 3 heteroatoms. The molecule has 0 bridgehead atoms. The van der Waals surface area contributed by atoms with Gasteiger partial charge in [-0.2, -0.15) is 0 Å². The molecular weight excluding hydrogens is 180 g/mol. The van der Waals surface area contributed by atoms with Crippen LogP contribution in [0.15, 0.2) is 0 Å². The number of ether oxygens (including phenoxy) is 1. The Morgan fingerprint density at radius 1 is 1.07 bits per heavy atom. The molecule has 0 spiro atoms. The first kappa shape index (κ1) is 10.4. The molecule has 0 radical (unpaired) electrons. The molecule has 0 aromatic heterocycles. The summed E-state index contributed by atoms with van der Waals surface area (Å²) in [5.41, 5.74) is -1.04. The second-order valence-electron chi connectivity index (χ2n) is 4.83. The van der Waals surface area contributed by atoms with Crippen molar-refractivity contribution < 1.29 is 14.9 Å². The van der Waals surface area contributed by atoms with E-state index in [1.807, 2.05) is 0 Å². The van der Waals surface area contributed by atoms with Gasteiger partial charge in [0, 0.05) is 18.4 Å². The summed E-state index contributed by atoms with van der Waals surface area (Å²) in [5.74, 6) is 0. The van der Waals surface area contributed by atoms with Crippen LogP contribution in [0, 0.1) is 5.41 Å². The largest absolute Gasteiger partial charge is 0.396 e. The highest BCUT2D eigenvalue weighted by atomic mass is 16.5. The number of hydrogen-bond acceptors (Lipinski definition) is 3. The first-order valence-electron chi connectivity index (χ1n) is 5.63. The summed E-state index contributed by atoms with van der Waals surface area (Å²) < 4.78 is 5.28. The minimum Gasteiger partial charge on any atom is -0.396 e. The van der Waals surface area contributed by atoms with E-state index in [1.165, 1.54) is 6.42 Å². The molecule has 1 unspecified atom stereocenters. The molecule has 2 aliphatic rings. The third-order valence-corrected chi connectivity index (χ3v) is 4.10. The van der Waals surface area contributed by atoms with Gasteiger partial charge in [-0.1, -0.05) is 19.3 Å². The summed E-state index contributed by atoms with van der Waals surface area (Å²) in [5, 5.41) is 20.0. The Morgan fingerprint density at radius 2 is 1.79 bits per heavy atom. The van der Waals surface area contributed by atoms with Crippen LogP contribution in [-0.2, 0) is 4.74 Å². The molecule has 82 valence electrons. The second-order valence-corrected chi connectivity index (χ2v) is 4.83. The van der Waals surface area contributed by atoms with E-state index in [1.54, 1.807) is 0 Å². The predicted octanol–water partition coefficient (Wildman–Crippen LogP) is 1.08. The molecule has 2 N–H and O–H groups in total. The summed E-state index contributed by atoms with van der Waals surface area (Å²) in [4.78, 5) is 0. The monoisotopic (exact) mass is 200 g/mol. The van der Waals surface area contributed by atoms with E-state index < -0.39 is 5.60 Å². The fourth-order valence-corrected chi connectivity index (χ4v) is 2.97. The molecule has 2 fully saturated rings. The topological polar surface area (TPSA) is 49.7 Å². The van der Waals surface area contributed by atoms with Gasteiger partial charge in [0.2, 0.25) is 0 Å². The number of aliphatic hydroxyl groups is 2. The van der Waals surface area contributed by atoms with Crippen LogP contribution in [0.1, 0.15) is 38.5 Å². The van der Waals surface area contributed by atoms with E-state index in [9.17, 15) is 10.2 Å². The van der Waals surface area contributed by atoms with Crippen molar-refractivity contribution in [1.29, 1.82) is 0 Å². The van der Waals surface area contributed by atoms with E-state index in [4.69, 9.17) is 4.74 Å². The number of hydrogen-bond donors (Lipinski definition) is 2. The van der Waals surface area contributed by atoms with E-state index in [-0.39, 0.29) is 12.0 Å². The average Bonchev–Trinajstić information content (AvgIpc) is 2.68. The summed E-state index contributed by atoms with van der Waals surface area (Å²) in [7, 11) is 0. The molecule has 3 nitrogen and oxygen atoms in total. The minimum absolute atomic E-state index is 0.104. The molecule has 14 heavy (non-hydrogen) atoms. The normalized spacial score (nSPS) is 37.3. The smallest absolute Gasteiger partial charge is 0.0979 e. The van der Waals surface area contributed by atoms with Gasteiger partial charge in [0.15, 0.2) is 0 Å². The van der Waals surface area contributed by atoms with Crippen LogP contribution in [0.4, 0.5) is 0 Å². The highest BCUT2D eigenvalue weighted by molar-refractivity contribution is 5.02. The Balaban J connectivity index is 2.16. The Bertz CT molecular complexity index is 191. The molecular formula is C11H20O3. The fourth-order valence-electron chi connectivity index (χ4n) is 2.97. The van der Waals surface area contributed by atoms with Crippen molar-refractivity contribution in [3.05, 3.63) is 0 Å². The van der Waals surface area contributed by atoms with Crippen molar-refractivity contribution in [3.63, 3.8) is 0 Å². The van der Waals surface area contributed by atoms with E-state index >= 15 is 0 Å². The van der Waals surface area contributed by atoms with Crippen molar-refractivity contribution in [3.8, 4) is 0 Å². The summed E-state index contributed by atoms with van der Waals surface area (Å²) in [6.07, 6.45) is 6.07. The Labute approximate surface area is 85.1 Å². The Hall–Kier alpha value is -0.120. The minimum atomic E-state index is -0.762. The van der Waals surface area contributed by atoms with Gasteiger partial charge in [-0.15, -0.1) is 0 Å². The quantitative estimate of drug-likeness (QED) is 0.701. The highest BCUT2D eigenvalue weighted by Crippen LogP contribution is 2.47. The zero-order valence-corrected chi connectivity index (χ0v) is 8.67. The second kappa shape index (κ2) is 3.80. The van der Waals surface area contributed by atoms with E-state index in [0.29, 0.717) is 19.6 Å². The van der Waals surface area contributed by atoms with Crippen molar-refractivity contribution in [2.75, 3.05) is 19.8 Å². The number of rotatable bonds is 2. The summed E-state index contributed by atoms with van der Waals surface area (Å²) in [6.45, 7) is 1.15. The Morgan fingerprint density at radius 3 is 2.29 bits per heavy atom. The van der Waals surface area contributed by atoms with E-state index in [2.05, 4.69) is 0 Å². The Kier molecular flexibility index (Phi) is 2.82. The van der Waals surface area contributed by atoms with Gasteiger partial charge >= 0.3 is 0 Å². The van der Waals surface area contributed by atoms with Crippen LogP contribution in [-0.4, -0.2) is 35.6 Å². The highest BCUT2D eigenvalue weighted by Gasteiger charge is 2.52. The maximum absolute atomic E-state index is 10.5. The molecule has 1 aliphatic heterocycles. The summed E-state index contributed by atoms with van der Waals surface area (Å²) >= 11 is 0. The average molecular weight is 200 g/mol. The third kappa shape index (κ3) is 1.47. The first-order valence-corrected chi connectivity index (χ1v) is 5.63. The van der Waals surface area contributed by atoms with Crippen molar-refractivity contribution in [2.24, 2.45) is 5.41 Å². The van der Waals surface area contributed by atoms with Gasteiger partial charge in [-0.3, -0.25) is 0 Å². The molecule has 1 saturated carbocycles. The van der Waals surface area contributed by atoms with Crippen molar-refractivity contribution in [2.45, 2.75) is 44.1 Å². The zero-order chi connectivity index (χ0) is 10.1. The van der Waals surface area contributed by atoms with Gasteiger partial charge in [0.05, 0.1) is 18.8 Å². The lowest BCUT2D eigenvalue weighted by atomic mass is 9.63. The lowest BCUT2D eigenvalue weighted by molar-refractivity contribution is -0.127. The maximum Gasteiger partial charge on any atom is 0.0979 e. The van der Waals surface area contributed by atoms with Crippen LogP contribution in [0.3, 0.4) is 0 Å². The third-order valence-electron chi connectivity index (χ3n) is 4.10. The SMILES string of the molecule is OCC1(C2(O)CCOC2)CCCCC1. The molecule has 0 amide bonds. The molecule has 2 rings (SSSR count). The lowest BCUT2D eigenvalue weighted by Crippen LogP contribution is -2.52. The first-order chi connectivity index (χ1) is 6.72. The van der Waals surface area contributed by atoms with Crippen molar-refractivity contribution >= 4 is 0 Å².